The van der Waals surface area contributed by atoms with Crippen molar-refractivity contribution in [2.75, 3.05) is 0 Å². The number of aromatic nitrogens is 4. The molecule has 60 heavy (non-hydrogen) atoms. The summed E-state index contributed by atoms with van der Waals surface area (Å²) < 4.78 is 10.3. The lowest BCUT2D eigenvalue weighted by molar-refractivity contribution is 1.30. The van der Waals surface area contributed by atoms with Crippen LogP contribution in [0.4, 0.5) is 0 Å². The topological polar surface area (TPSA) is 57.4 Å². The Bertz CT molecular complexity index is 2760. The van der Waals surface area contributed by atoms with Crippen LogP contribution in [0.25, 0.3) is 84.5 Å². The largest absolute Gasteiger partial charge is 0.352 e. The number of hydrogen-bond acceptors (Lipinski definition) is 2. The number of halogens is 12. The number of rotatable bonds is 4. The zero-order chi connectivity index (χ0) is 42.3. The van der Waals surface area contributed by atoms with Crippen LogP contribution in [0.15, 0.2) is 133 Å². The summed E-state index contributed by atoms with van der Waals surface area (Å²) in [4.78, 5) is 18.9. The van der Waals surface area contributed by atoms with Gasteiger partial charge in [-0.05, 0) is 198 Å². The minimum atomic E-state index is 0.730. The van der Waals surface area contributed by atoms with E-state index in [9.17, 15) is 0 Å². The first-order chi connectivity index (χ1) is 28.7. The molecule has 7 aromatic rings. The molecular formula is C44H18Br12N4. The number of nitrogens with one attached hydrogen (secondary N) is 2. The van der Waals surface area contributed by atoms with Crippen LogP contribution in [0.2, 0.25) is 0 Å². The number of H-pyrrole nitrogens is 2. The molecule has 4 aromatic carbocycles. The SMILES string of the molecule is BrC1=C(Br)c2nc1c(-c1ccc(Br)cc1)c1[nH]c(c(Br)c1Br)c(-c1ccc(Br)cc1)c1nc(c(-c3ccc(Br)cc3)c3[nH]c(c(Br)c3Br)c2-c2ccc(Br)cc2)C(Br)=C1Br. The van der Waals surface area contributed by atoms with Crippen LogP contribution >= 0.6 is 191 Å². The molecule has 0 amide bonds. The van der Waals surface area contributed by atoms with Crippen LogP contribution < -0.4 is 0 Å². The third kappa shape index (κ3) is 7.92. The number of aromatic amines is 2. The molecule has 3 aromatic heterocycles. The summed E-state index contributed by atoms with van der Waals surface area (Å²) in [5, 5.41) is 0. The summed E-state index contributed by atoms with van der Waals surface area (Å²) in [6.45, 7) is 0. The van der Waals surface area contributed by atoms with E-state index >= 15 is 0 Å². The van der Waals surface area contributed by atoms with E-state index in [1.54, 1.807) is 0 Å². The second-order valence-corrected chi connectivity index (χ2v) is 23.4. The third-order valence-corrected chi connectivity index (χ3v) is 20.4. The molecule has 298 valence electrons. The minimum Gasteiger partial charge on any atom is -0.352 e. The summed E-state index contributed by atoms with van der Waals surface area (Å²) in [6.07, 6.45) is 0. The third-order valence-electron chi connectivity index (χ3n) is 9.91. The van der Waals surface area contributed by atoms with Crippen molar-refractivity contribution in [3.63, 3.8) is 0 Å². The van der Waals surface area contributed by atoms with E-state index in [1.807, 2.05) is 48.5 Å². The van der Waals surface area contributed by atoms with Gasteiger partial charge >= 0.3 is 0 Å². The average molecular weight is 1560 g/mol. The first kappa shape index (κ1) is 44.4. The molecule has 0 spiro atoms. The molecule has 9 rings (SSSR count). The fourth-order valence-electron chi connectivity index (χ4n) is 7.16. The highest BCUT2D eigenvalue weighted by molar-refractivity contribution is 9.18. The van der Waals surface area contributed by atoms with Gasteiger partial charge < -0.3 is 9.97 Å². The fourth-order valence-corrected chi connectivity index (χ4v) is 12.1. The highest BCUT2D eigenvalue weighted by Crippen LogP contribution is 2.53. The maximum Gasteiger partial charge on any atom is 0.0891 e. The highest BCUT2D eigenvalue weighted by atomic mass is 79.9. The summed E-state index contributed by atoms with van der Waals surface area (Å²) in [6, 6.07) is 33.1. The minimum absolute atomic E-state index is 0.730. The molecule has 4 nitrogen and oxygen atoms in total. The van der Waals surface area contributed by atoms with Gasteiger partial charge in [-0.1, -0.05) is 112 Å². The maximum atomic E-state index is 5.57. The lowest BCUT2D eigenvalue weighted by Gasteiger charge is -2.08. The van der Waals surface area contributed by atoms with Crippen molar-refractivity contribution < 1.29 is 0 Å². The molecule has 0 saturated carbocycles. The number of hydrogen-bond donors (Lipinski definition) is 2. The van der Waals surface area contributed by atoms with Crippen LogP contribution in [-0.2, 0) is 0 Å². The van der Waals surface area contributed by atoms with Gasteiger partial charge in [0, 0.05) is 40.1 Å². The molecule has 2 aliphatic heterocycles. The van der Waals surface area contributed by atoms with E-state index in [2.05, 4.69) is 250 Å². The van der Waals surface area contributed by atoms with Gasteiger partial charge in [0.25, 0.3) is 0 Å². The van der Waals surface area contributed by atoms with Gasteiger partial charge in [0.2, 0.25) is 0 Å². The Balaban J connectivity index is 1.62. The van der Waals surface area contributed by atoms with Gasteiger partial charge in [-0.25, -0.2) is 9.97 Å². The Morgan fingerprint density at radius 1 is 0.267 bits per heavy atom. The summed E-state index contributed by atoms with van der Waals surface area (Å²) >= 11 is 46.9. The second kappa shape index (κ2) is 17.9. The lowest BCUT2D eigenvalue weighted by Crippen LogP contribution is -1.91. The molecule has 0 saturated heterocycles. The van der Waals surface area contributed by atoms with E-state index in [-0.39, 0.29) is 0 Å². The Labute approximate surface area is 444 Å². The Kier molecular flexibility index (Phi) is 13.3. The Morgan fingerprint density at radius 3 is 0.633 bits per heavy atom. The molecule has 0 radical (unpaired) electrons. The predicted octanol–water partition coefficient (Wildman–Crippen LogP) is 20.3. The van der Waals surface area contributed by atoms with Crippen molar-refractivity contribution >= 4 is 231 Å². The van der Waals surface area contributed by atoms with E-state index in [0.717, 1.165) is 143 Å². The molecular weight excluding hydrogens is 1540 g/mol. The van der Waals surface area contributed by atoms with Gasteiger partial charge in [0.15, 0.2) is 0 Å². The van der Waals surface area contributed by atoms with Crippen molar-refractivity contribution in [3.8, 4) is 44.5 Å². The number of fused-ring (bicyclic) bond motifs is 8. The Morgan fingerprint density at radius 2 is 0.450 bits per heavy atom. The normalized spacial score (nSPS) is 12.9. The van der Waals surface area contributed by atoms with Crippen LogP contribution in [0.3, 0.4) is 0 Å². The summed E-state index contributed by atoms with van der Waals surface area (Å²) in [7, 11) is 0. The maximum absolute atomic E-state index is 5.57. The van der Waals surface area contributed by atoms with E-state index in [0.29, 0.717) is 0 Å². The average Bonchev–Trinajstić information content (AvgIpc) is 3.89. The summed E-state index contributed by atoms with van der Waals surface area (Å²) in [5.41, 5.74) is 13.5. The molecule has 0 unspecified atom stereocenters. The van der Waals surface area contributed by atoms with Gasteiger partial charge in [-0.3, -0.25) is 0 Å². The standard InChI is InChI=1S/C44H18Br12N4/c45-21-9-1-17(2-10-21)25-37-29(49)31(51)39(57-37)26(18-3-11-22(46)12-4-18)41-33(53)35(55)43(59-41)28(20-7-15-24(48)16-8-20)44-36(56)34(54)42(60-44)27(19-5-13-23(47)14-6-19)40-32(52)30(50)38(25)58-40/h1-16,57,60H. The molecule has 0 aliphatic carbocycles. The van der Waals surface area contributed by atoms with E-state index in [1.165, 1.54) is 0 Å². The van der Waals surface area contributed by atoms with Crippen LogP contribution in [0.5, 0.6) is 0 Å². The predicted molar refractivity (Wildman–Crippen MR) is 294 cm³/mol. The fraction of sp³-hybridized carbons (Fsp3) is 0. The highest BCUT2D eigenvalue weighted by Gasteiger charge is 2.31. The number of nitrogens with zero attached hydrogens (tertiary/aromatic N) is 2. The molecule has 16 heteroatoms. The Hall–Kier alpha value is -0.760. The van der Waals surface area contributed by atoms with Gasteiger partial charge in [-0.15, -0.1) is 0 Å². The van der Waals surface area contributed by atoms with Crippen molar-refractivity contribution in [2.45, 2.75) is 0 Å². The first-order valence-corrected chi connectivity index (χ1v) is 27.0. The van der Waals surface area contributed by atoms with Crippen LogP contribution in [0, 0.1) is 0 Å². The first-order valence-electron chi connectivity index (χ1n) is 17.4. The monoisotopic (exact) mass is 1550 g/mol. The van der Waals surface area contributed by atoms with Gasteiger partial charge in [0.1, 0.15) is 0 Å². The lowest BCUT2D eigenvalue weighted by atomic mass is 10.0. The molecule has 0 fully saturated rings. The van der Waals surface area contributed by atoms with Crippen molar-refractivity contribution in [1.29, 1.82) is 0 Å². The van der Waals surface area contributed by atoms with E-state index in [4.69, 9.17) is 9.97 Å². The molecule has 8 bridgehead atoms. The molecule has 0 atom stereocenters. The quantitative estimate of drug-likeness (QED) is 0.185. The van der Waals surface area contributed by atoms with Gasteiger partial charge in [0.05, 0.1) is 80.7 Å². The molecule has 2 N–H and O–H groups in total. The zero-order valence-corrected chi connectivity index (χ0v) is 48.7. The van der Waals surface area contributed by atoms with Crippen LogP contribution in [-0.4, -0.2) is 19.9 Å². The number of benzene rings is 4. The van der Waals surface area contributed by atoms with Crippen molar-refractivity contribution in [2.24, 2.45) is 0 Å². The van der Waals surface area contributed by atoms with Gasteiger partial charge in [-0.2, -0.15) is 0 Å². The molecule has 5 heterocycles. The van der Waals surface area contributed by atoms with E-state index < -0.39 is 0 Å². The second-order valence-electron chi connectivity index (χ2n) is 13.4. The van der Waals surface area contributed by atoms with Crippen LogP contribution in [0.1, 0.15) is 22.8 Å². The zero-order valence-electron chi connectivity index (χ0n) is 29.7. The smallest absolute Gasteiger partial charge is 0.0891 e. The molecule has 2 aliphatic rings. The van der Waals surface area contributed by atoms with Crippen molar-refractivity contribution in [1.82, 2.24) is 19.9 Å². The van der Waals surface area contributed by atoms with Crippen molar-refractivity contribution in [3.05, 3.63) is 156 Å². The summed E-state index contributed by atoms with van der Waals surface area (Å²) in [5.74, 6) is 0.